The molecule has 0 radical (unpaired) electrons. The van der Waals surface area contributed by atoms with Crippen molar-refractivity contribution in [2.24, 2.45) is 0 Å². The largest absolute Gasteiger partial charge is 0.374 e. The van der Waals surface area contributed by atoms with Crippen LogP contribution < -0.4 is 10.6 Å². The molecule has 4 rings (SSSR count). The number of hydrogen-bond donors (Lipinski definition) is 1. The van der Waals surface area contributed by atoms with Gasteiger partial charge in [-0.1, -0.05) is 29.5 Å². The van der Waals surface area contributed by atoms with Crippen molar-refractivity contribution in [3.63, 3.8) is 0 Å². The fraction of sp³-hybridized carbons (Fsp3) is 0.222. The molecule has 0 fully saturated rings. The number of aromatic nitrogens is 4. The van der Waals surface area contributed by atoms with Crippen molar-refractivity contribution in [3.8, 4) is 10.6 Å². The van der Waals surface area contributed by atoms with Crippen molar-refractivity contribution >= 4 is 27.9 Å². The van der Waals surface area contributed by atoms with Crippen LogP contribution in [0.15, 0.2) is 36.7 Å². The standard InChI is InChI=1S/C18H18N6S/c1-3-24(2)16-10-20-15(9-21-16)13-7-6-11-4-5-12(8-14(11)13)17-22-23-18(19)25-17/h4-5,7-10H,3,6H2,1-2H3,(H2,19,23). The van der Waals surface area contributed by atoms with Crippen LogP contribution in [0.3, 0.4) is 0 Å². The molecule has 126 valence electrons. The van der Waals surface area contributed by atoms with Crippen LogP contribution >= 0.6 is 11.3 Å². The third-order valence-electron chi connectivity index (χ3n) is 4.39. The molecule has 2 heterocycles. The SMILES string of the molecule is CCN(C)c1cnc(C2=CCc3ccc(-c4nnc(N)s4)cc32)cn1. The van der Waals surface area contributed by atoms with Crippen LogP contribution in [0.1, 0.15) is 23.7 Å². The van der Waals surface area contributed by atoms with Crippen molar-refractivity contribution in [1.29, 1.82) is 0 Å². The van der Waals surface area contributed by atoms with Gasteiger partial charge in [0.15, 0.2) is 0 Å². The molecule has 0 amide bonds. The first-order valence-electron chi connectivity index (χ1n) is 8.12. The van der Waals surface area contributed by atoms with E-state index in [0.717, 1.165) is 40.6 Å². The first kappa shape index (κ1) is 15.7. The van der Waals surface area contributed by atoms with Gasteiger partial charge < -0.3 is 10.6 Å². The zero-order valence-electron chi connectivity index (χ0n) is 14.1. The van der Waals surface area contributed by atoms with E-state index in [1.807, 2.05) is 19.4 Å². The third-order valence-corrected chi connectivity index (χ3v) is 5.19. The summed E-state index contributed by atoms with van der Waals surface area (Å²) in [6, 6.07) is 6.35. The van der Waals surface area contributed by atoms with E-state index in [-0.39, 0.29) is 0 Å². The molecule has 1 aromatic carbocycles. The van der Waals surface area contributed by atoms with Crippen LogP contribution in [0.2, 0.25) is 0 Å². The summed E-state index contributed by atoms with van der Waals surface area (Å²) in [4.78, 5) is 11.2. The number of fused-ring (bicyclic) bond motifs is 1. The lowest BCUT2D eigenvalue weighted by Gasteiger charge is -2.15. The Hall–Kier alpha value is -2.80. The Balaban J connectivity index is 1.69. The average Bonchev–Trinajstić information content (AvgIpc) is 3.27. The topological polar surface area (TPSA) is 80.8 Å². The number of benzene rings is 1. The minimum Gasteiger partial charge on any atom is -0.374 e. The van der Waals surface area contributed by atoms with E-state index < -0.39 is 0 Å². The van der Waals surface area contributed by atoms with E-state index in [9.17, 15) is 0 Å². The lowest BCUT2D eigenvalue weighted by atomic mass is 10.0. The molecule has 0 unspecified atom stereocenters. The van der Waals surface area contributed by atoms with Gasteiger partial charge in [-0.05, 0) is 30.5 Å². The van der Waals surface area contributed by atoms with Gasteiger partial charge in [0.2, 0.25) is 5.13 Å². The van der Waals surface area contributed by atoms with Crippen LogP contribution in [0.5, 0.6) is 0 Å². The van der Waals surface area contributed by atoms with Gasteiger partial charge in [0, 0.05) is 24.7 Å². The minimum absolute atomic E-state index is 0.479. The number of rotatable bonds is 4. The molecule has 0 saturated heterocycles. The predicted molar refractivity (Wildman–Crippen MR) is 102 cm³/mol. The van der Waals surface area contributed by atoms with Crippen LogP contribution in [-0.4, -0.2) is 33.8 Å². The maximum Gasteiger partial charge on any atom is 0.203 e. The molecule has 0 bridgehead atoms. The number of nitrogens with zero attached hydrogens (tertiary/aromatic N) is 5. The Morgan fingerprint density at radius 2 is 2.08 bits per heavy atom. The number of hydrogen-bond acceptors (Lipinski definition) is 7. The van der Waals surface area contributed by atoms with Crippen LogP contribution in [0.4, 0.5) is 10.9 Å². The second-order valence-electron chi connectivity index (χ2n) is 5.91. The van der Waals surface area contributed by atoms with E-state index in [0.29, 0.717) is 5.13 Å². The van der Waals surface area contributed by atoms with Crippen LogP contribution in [0.25, 0.3) is 16.1 Å². The first-order valence-corrected chi connectivity index (χ1v) is 8.93. The Morgan fingerprint density at radius 3 is 2.76 bits per heavy atom. The van der Waals surface area contributed by atoms with Gasteiger partial charge in [-0.25, -0.2) is 4.98 Å². The molecule has 2 aromatic heterocycles. The molecule has 7 heteroatoms. The lowest BCUT2D eigenvalue weighted by molar-refractivity contribution is 0.926. The predicted octanol–water partition coefficient (Wildman–Crippen LogP) is 3.02. The van der Waals surface area contributed by atoms with E-state index in [1.54, 1.807) is 0 Å². The Labute approximate surface area is 150 Å². The highest BCUT2D eigenvalue weighted by atomic mass is 32.1. The summed E-state index contributed by atoms with van der Waals surface area (Å²) in [6.07, 6.45) is 6.78. The number of anilines is 2. The highest BCUT2D eigenvalue weighted by Gasteiger charge is 2.19. The third kappa shape index (κ3) is 2.87. The van der Waals surface area contributed by atoms with Gasteiger partial charge in [-0.2, -0.15) is 0 Å². The second kappa shape index (κ2) is 6.25. The van der Waals surface area contributed by atoms with Crippen molar-refractivity contribution in [3.05, 3.63) is 53.5 Å². The second-order valence-corrected chi connectivity index (χ2v) is 6.92. The van der Waals surface area contributed by atoms with E-state index in [2.05, 4.69) is 56.3 Å². The molecule has 0 aliphatic heterocycles. The molecule has 2 N–H and O–H groups in total. The summed E-state index contributed by atoms with van der Waals surface area (Å²) in [5.74, 6) is 0.878. The summed E-state index contributed by atoms with van der Waals surface area (Å²) in [5.41, 5.74) is 11.2. The number of nitrogen functional groups attached to an aromatic ring is 1. The normalized spacial score (nSPS) is 12.8. The van der Waals surface area contributed by atoms with Gasteiger partial charge in [-0.3, -0.25) is 4.98 Å². The van der Waals surface area contributed by atoms with Crippen molar-refractivity contribution < 1.29 is 0 Å². The fourth-order valence-electron chi connectivity index (χ4n) is 2.87. The molecule has 0 spiro atoms. The Morgan fingerprint density at radius 1 is 1.20 bits per heavy atom. The molecular weight excluding hydrogens is 332 g/mol. The Bertz CT molecular complexity index is 944. The lowest BCUT2D eigenvalue weighted by Crippen LogP contribution is -2.17. The summed E-state index contributed by atoms with van der Waals surface area (Å²) in [5, 5.41) is 9.35. The zero-order valence-corrected chi connectivity index (χ0v) is 14.9. The van der Waals surface area contributed by atoms with Crippen LogP contribution in [0, 0.1) is 0 Å². The fourth-order valence-corrected chi connectivity index (χ4v) is 3.48. The maximum absolute atomic E-state index is 5.71. The number of nitrogens with two attached hydrogens (primary N) is 1. The summed E-state index contributed by atoms with van der Waals surface area (Å²) >= 11 is 1.39. The van der Waals surface area contributed by atoms with Gasteiger partial charge in [0.1, 0.15) is 10.8 Å². The molecule has 1 aliphatic carbocycles. The monoisotopic (exact) mass is 350 g/mol. The molecule has 0 atom stereocenters. The molecular formula is C18H18N6S. The van der Waals surface area contributed by atoms with Gasteiger partial charge in [0.25, 0.3) is 0 Å². The van der Waals surface area contributed by atoms with E-state index in [1.165, 1.54) is 22.5 Å². The first-order chi connectivity index (χ1) is 12.2. The number of allylic oxidation sites excluding steroid dienone is 1. The molecule has 3 aromatic rings. The van der Waals surface area contributed by atoms with E-state index >= 15 is 0 Å². The average molecular weight is 350 g/mol. The van der Waals surface area contributed by atoms with Gasteiger partial charge in [-0.15, -0.1) is 10.2 Å². The van der Waals surface area contributed by atoms with Crippen molar-refractivity contribution in [2.45, 2.75) is 13.3 Å². The molecule has 0 saturated carbocycles. The molecule has 1 aliphatic rings. The van der Waals surface area contributed by atoms with Gasteiger partial charge in [0.05, 0.1) is 18.1 Å². The quantitative estimate of drug-likeness (QED) is 0.779. The van der Waals surface area contributed by atoms with Crippen LogP contribution in [-0.2, 0) is 6.42 Å². The van der Waals surface area contributed by atoms with Crippen molar-refractivity contribution in [1.82, 2.24) is 20.2 Å². The molecule has 6 nitrogen and oxygen atoms in total. The minimum atomic E-state index is 0.479. The summed E-state index contributed by atoms with van der Waals surface area (Å²) in [6.45, 7) is 2.99. The summed E-state index contributed by atoms with van der Waals surface area (Å²) in [7, 11) is 2.01. The highest BCUT2D eigenvalue weighted by molar-refractivity contribution is 7.18. The van der Waals surface area contributed by atoms with Crippen molar-refractivity contribution in [2.75, 3.05) is 24.2 Å². The van der Waals surface area contributed by atoms with E-state index in [4.69, 9.17) is 5.73 Å². The summed E-state index contributed by atoms with van der Waals surface area (Å²) < 4.78 is 0. The Kier molecular flexibility index (Phi) is 3.93. The smallest absolute Gasteiger partial charge is 0.203 e. The van der Waals surface area contributed by atoms with Gasteiger partial charge >= 0.3 is 0 Å². The maximum atomic E-state index is 5.71. The zero-order chi connectivity index (χ0) is 17.4. The highest BCUT2D eigenvalue weighted by Crippen LogP contribution is 2.35. The molecule has 25 heavy (non-hydrogen) atoms.